The van der Waals surface area contributed by atoms with Crippen molar-refractivity contribution in [3.05, 3.63) is 30.3 Å². The number of nitrogens with one attached hydrogen (secondary N) is 1. The lowest BCUT2D eigenvalue weighted by atomic mass is 10.2. The molecule has 0 radical (unpaired) electrons. The van der Waals surface area contributed by atoms with E-state index in [2.05, 4.69) is 56.5 Å². The van der Waals surface area contributed by atoms with Crippen LogP contribution in [0.15, 0.2) is 30.3 Å². The van der Waals surface area contributed by atoms with Crippen LogP contribution in [0.5, 0.6) is 0 Å². The first-order chi connectivity index (χ1) is 8.61. The predicted molar refractivity (Wildman–Crippen MR) is 77.5 cm³/mol. The van der Waals surface area contributed by atoms with Gasteiger partial charge in [0.2, 0.25) is 0 Å². The molecule has 1 unspecified atom stereocenters. The highest BCUT2D eigenvalue weighted by Gasteiger charge is 2.08. The van der Waals surface area contributed by atoms with Crippen LogP contribution in [0, 0.1) is 0 Å². The van der Waals surface area contributed by atoms with E-state index in [0.29, 0.717) is 0 Å². The number of hydrogen-bond acceptors (Lipinski definition) is 3. The van der Waals surface area contributed by atoms with Crippen molar-refractivity contribution in [2.45, 2.75) is 11.8 Å². The maximum atomic E-state index is 9.65. The van der Waals surface area contributed by atoms with Crippen LogP contribution >= 0.6 is 15.9 Å². The Hall–Kier alpha value is -1.07. The molecule has 1 aliphatic rings. The average Bonchev–Trinajstić information content (AvgIpc) is 2.41. The molecule has 1 saturated heterocycles. The normalized spacial score (nSPS) is 16.4. The Bertz CT molecular complexity index is 351. The van der Waals surface area contributed by atoms with Crippen molar-refractivity contribution in [3.63, 3.8) is 0 Å². The minimum atomic E-state index is -0.824. The van der Waals surface area contributed by atoms with Crippen molar-refractivity contribution < 1.29 is 9.90 Å². The van der Waals surface area contributed by atoms with Crippen molar-refractivity contribution in [3.8, 4) is 0 Å². The molecule has 2 N–H and O–H groups in total. The molecule has 100 valence electrons. The van der Waals surface area contributed by atoms with E-state index < -0.39 is 10.8 Å². The first kappa shape index (κ1) is 15.0. The lowest BCUT2D eigenvalue weighted by molar-refractivity contribution is -0.135. The highest BCUT2D eigenvalue weighted by atomic mass is 79.9. The van der Waals surface area contributed by atoms with E-state index in [1.54, 1.807) is 6.92 Å². The first-order valence-electron chi connectivity index (χ1n) is 5.99. The third kappa shape index (κ3) is 5.51. The molecular weight excluding hydrogens is 296 g/mol. The average molecular weight is 315 g/mol. The topological polar surface area (TPSA) is 52.6 Å². The van der Waals surface area contributed by atoms with Crippen molar-refractivity contribution in [2.24, 2.45) is 0 Å². The number of benzene rings is 1. The number of aliphatic carboxylic acids is 1. The Labute approximate surface area is 116 Å². The molecule has 0 spiro atoms. The first-order valence-corrected chi connectivity index (χ1v) is 6.90. The van der Waals surface area contributed by atoms with Gasteiger partial charge in [-0.3, -0.25) is 4.79 Å². The van der Waals surface area contributed by atoms with Crippen LogP contribution in [0.1, 0.15) is 6.92 Å². The molecular formula is C13H19BrN2O2. The van der Waals surface area contributed by atoms with Gasteiger partial charge in [0.05, 0.1) is 0 Å². The number of alkyl halides is 1. The molecule has 0 saturated carbocycles. The molecule has 0 amide bonds. The van der Waals surface area contributed by atoms with Gasteiger partial charge in [-0.05, 0) is 19.1 Å². The highest BCUT2D eigenvalue weighted by Crippen LogP contribution is 2.12. The lowest BCUT2D eigenvalue weighted by Gasteiger charge is -2.29. The fourth-order valence-corrected chi connectivity index (χ4v) is 1.56. The van der Waals surface area contributed by atoms with E-state index in [4.69, 9.17) is 5.11 Å². The second-order valence-electron chi connectivity index (χ2n) is 4.03. The van der Waals surface area contributed by atoms with Crippen molar-refractivity contribution in [1.82, 2.24) is 5.32 Å². The summed E-state index contributed by atoms with van der Waals surface area (Å²) in [5.41, 5.74) is 1.35. The summed E-state index contributed by atoms with van der Waals surface area (Å²) in [5.74, 6) is -0.824. The summed E-state index contributed by atoms with van der Waals surface area (Å²) in [6, 6.07) is 10.6. The molecule has 18 heavy (non-hydrogen) atoms. The van der Waals surface area contributed by atoms with Crippen molar-refractivity contribution >= 4 is 27.6 Å². The fourth-order valence-electron chi connectivity index (χ4n) is 1.56. The zero-order valence-corrected chi connectivity index (χ0v) is 12.1. The van der Waals surface area contributed by atoms with Crippen LogP contribution in [0.4, 0.5) is 5.69 Å². The number of rotatable bonds is 2. The zero-order valence-electron chi connectivity index (χ0n) is 10.5. The van der Waals surface area contributed by atoms with E-state index in [9.17, 15) is 4.79 Å². The molecule has 1 fully saturated rings. The molecule has 0 aromatic heterocycles. The smallest absolute Gasteiger partial charge is 0.316 e. The molecule has 1 aliphatic heterocycles. The Kier molecular flexibility index (Phi) is 6.75. The molecule has 1 aromatic rings. The molecule has 5 heteroatoms. The summed E-state index contributed by atoms with van der Waals surface area (Å²) in [5, 5.41) is 11.3. The van der Waals surface area contributed by atoms with E-state index in [0.717, 1.165) is 26.2 Å². The maximum absolute atomic E-state index is 9.65. The third-order valence-electron chi connectivity index (χ3n) is 2.58. The molecule has 0 bridgehead atoms. The van der Waals surface area contributed by atoms with Gasteiger partial charge in [0.25, 0.3) is 0 Å². The van der Waals surface area contributed by atoms with E-state index in [1.807, 2.05) is 0 Å². The van der Waals surface area contributed by atoms with Gasteiger partial charge in [-0.1, -0.05) is 34.1 Å². The number of halogens is 1. The number of carboxylic acids is 1. The van der Waals surface area contributed by atoms with E-state index in [-0.39, 0.29) is 0 Å². The van der Waals surface area contributed by atoms with Gasteiger partial charge in [0.15, 0.2) is 0 Å². The number of nitrogens with zero attached hydrogens (tertiary/aromatic N) is 1. The van der Waals surface area contributed by atoms with Gasteiger partial charge in [0, 0.05) is 31.9 Å². The summed E-state index contributed by atoms with van der Waals surface area (Å²) < 4.78 is 0. The van der Waals surface area contributed by atoms with Gasteiger partial charge in [0.1, 0.15) is 4.83 Å². The quantitative estimate of drug-likeness (QED) is 0.819. The Morgan fingerprint density at radius 1 is 1.33 bits per heavy atom. The Morgan fingerprint density at radius 2 is 1.83 bits per heavy atom. The minimum Gasteiger partial charge on any atom is -0.480 e. The highest BCUT2D eigenvalue weighted by molar-refractivity contribution is 9.10. The molecule has 2 rings (SSSR count). The van der Waals surface area contributed by atoms with E-state index >= 15 is 0 Å². The lowest BCUT2D eigenvalue weighted by Crippen LogP contribution is -2.43. The minimum absolute atomic E-state index is 0.419. The van der Waals surface area contributed by atoms with Crippen LogP contribution in [-0.2, 0) is 4.79 Å². The summed E-state index contributed by atoms with van der Waals surface area (Å²) in [7, 11) is 0. The van der Waals surface area contributed by atoms with Gasteiger partial charge >= 0.3 is 5.97 Å². The molecule has 1 atom stereocenters. The van der Waals surface area contributed by atoms with E-state index in [1.165, 1.54) is 5.69 Å². The van der Waals surface area contributed by atoms with Crippen LogP contribution in [0.2, 0.25) is 0 Å². The van der Waals surface area contributed by atoms with Crippen LogP contribution in [0.3, 0.4) is 0 Å². The van der Waals surface area contributed by atoms with Gasteiger partial charge in [-0.2, -0.15) is 0 Å². The molecule has 1 heterocycles. The number of piperazine rings is 1. The second kappa shape index (κ2) is 8.11. The second-order valence-corrected chi connectivity index (χ2v) is 5.40. The standard InChI is InChI=1S/C10H14N2.C3H5BrO2/c1-2-4-10(5-3-1)12-8-6-11-7-9-12;1-2(4)3(5)6/h1-5,11H,6-9H2;2H,1H3,(H,5,6). The molecule has 4 nitrogen and oxygen atoms in total. The predicted octanol–water partition coefficient (Wildman–Crippen LogP) is 1.95. The van der Waals surface area contributed by atoms with Gasteiger partial charge < -0.3 is 15.3 Å². The number of carbonyl (C=O) groups is 1. The Morgan fingerprint density at radius 3 is 2.28 bits per heavy atom. The molecule has 0 aliphatic carbocycles. The summed E-state index contributed by atoms with van der Waals surface area (Å²) in [6.45, 7) is 6.03. The van der Waals surface area contributed by atoms with Crippen LogP contribution < -0.4 is 10.2 Å². The Balaban J connectivity index is 0.000000232. The van der Waals surface area contributed by atoms with Gasteiger partial charge in [-0.25, -0.2) is 0 Å². The third-order valence-corrected chi connectivity index (χ3v) is 2.97. The number of anilines is 1. The maximum Gasteiger partial charge on any atom is 0.316 e. The largest absolute Gasteiger partial charge is 0.480 e. The molecule has 1 aromatic carbocycles. The number of hydrogen-bond donors (Lipinski definition) is 2. The number of para-hydroxylation sites is 1. The SMILES string of the molecule is CC(Br)C(=O)O.c1ccc(N2CCNCC2)cc1. The summed E-state index contributed by atoms with van der Waals surface area (Å²) in [4.78, 5) is 11.6. The monoisotopic (exact) mass is 314 g/mol. The van der Waals surface area contributed by atoms with Crippen molar-refractivity contribution in [2.75, 3.05) is 31.1 Å². The van der Waals surface area contributed by atoms with Crippen molar-refractivity contribution in [1.29, 1.82) is 0 Å². The zero-order chi connectivity index (χ0) is 13.4. The van der Waals surface area contributed by atoms with Gasteiger partial charge in [-0.15, -0.1) is 0 Å². The van der Waals surface area contributed by atoms with Crippen LogP contribution in [-0.4, -0.2) is 42.1 Å². The number of carboxylic acid groups (broad SMARTS) is 1. The van der Waals surface area contributed by atoms with Crippen LogP contribution in [0.25, 0.3) is 0 Å². The summed E-state index contributed by atoms with van der Waals surface area (Å²) >= 11 is 2.84. The summed E-state index contributed by atoms with van der Waals surface area (Å²) in [6.07, 6.45) is 0. The fraction of sp³-hybridized carbons (Fsp3) is 0.462.